The molecule has 2 aromatic rings. The smallest absolute Gasteiger partial charge is 0.167 e. The molecular weight excluding hydrogens is 398 g/mol. The minimum Gasteiger partial charge on any atom is -0.394 e. The molecule has 0 amide bonds. The number of alkyl halides is 2. The molecule has 1 saturated heterocycles. The van der Waals surface area contributed by atoms with Crippen LogP contribution in [0.2, 0.25) is 0 Å². The van der Waals surface area contributed by atoms with Crippen molar-refractivity contribution >= 4 is 48.8 Å². The summed E-state index contributed by atoms with van der Waals surface area (Å²) in [5.74, 6) is 0.265. The highest BCUT2D eigenvalue weighted by Crippen LogP contribution is 2.49. The molecule has 8 nitrogen and oxygen atoms in total. The molecule has 0 radical (unpaired) electrons. The zero-order valence-corrected chi connectivity index (χ0v) is 13.2. The summed E-state index contributed by atoms with van der Waals surface area (Å²) >= 11 is 6.78. The van der Waals surface area contributed by atoms with E-state index >= 15 is 0 Å². The van der Waals surface area contributed by atoms with Crippen LogP contribution in [0.25, 0.3) is 11.2 Å². The van der Waals surface area contributed by atoms with Crippen LogP contribution in [0.4, 0.5) is 5.82 Å². The molecule has 0 aliphatic carbocycles. The monoisotopic (exact) mass is 407 g/mol. The molecule has 108 valence electrons. The number of hydrogen-bond donors (Lipinski definition) is 3. The van der Waals surface area contributed by atoms with Gasteiger partial charge in [-0.3, -0.25) is 4.57 Å². The number of imidazole rings is 1. The van der Waals surface area contributed by atoms with Crippen molar-refractivity contribution in [2.75, 3.05) is 12.3 Å². The summed E-state index contributed by atoms with van der Waals surface area (Å²) < 4.78 is 6.31. The van der Waals surface area contributed by atoms with Crippen LogP contribution < -0.4 is 5.73 Å². The molecule has 0 spiro atoms. The van der Waals surface area contributed by atoms with Gasteiger partial charge in [-0.05, 0) is 0 Å². The van der Waals surface area contributed by atoms with E-state index in [1.54, 1.807) is 4.57 Å². The van der Waals surface area contributed by atoms with Crippen LogP contribution in [-0.4, -0.2) is 51.8 Å². The van der Waals surface area contributed by atoms with Crippen LogP contribution in [0.3, 0.4) is 0 Å². The molecule has 0 bridgehead atoms. The average molecular weight is 409 g/mol. The lowest BCUT2D eigenvalue weighted by Gasteiger charge is -2.24. The van der Waals surface area contributed by atoms with E-state index in [0.29, 0.717) is 11.2 Å². The molecule has 3 atom stereocenters. The van der Waals surface area contributed by atoms with Gasteiger partial charge in [0.15, 0.2) is 20.9 Å². The Kier molecular flexibility index (Phi) is 3.45. The van der Waals surface area contributed by atoms with Crippen LogP contribution in [0.15, 0.2) is 12.7 Å². The van der Waals surface area contributed by atoms with E-state index in [0.717, 1.165) is 0 Å². The lowest BCUT2D eigenvalue weighted by molar-refractivity contribution is -0.0432. The van der Waals surface area contributed by atoms with Gasteiger partial charge in [0.1, 0.15) is 24.1 Å². The number of nitrogens with two attached hydrogens (primary N) is 1. The molecule has 1 aliphatic heterocycles. The van der Waals surface area contributed by atoms with Crippen LogP contribution >= 0.6 is 31.9 Å². The van der Waals surface area contributed by atoms with Gasteiger partial charge in [-0.2, -0.15) is 0 Å². The Morgan fingerprint density at radius 2 is 2.15 bits per heavy atom. The van der Waals surface area contributed by atoms with Crippen LogP contribution in [-0.2, 0) is 4.74 Å². The summed E-state index contributed by atoms with van der Waals surface area (Å²) in [6.45, 7) is -0.305. The number of fused-ring (bicyclic) bond motifs is 1. The Bertz CT molecular complexity index is 649. The summed E-state index contributed by atoms with van der Waals surface area (Å²) in [6, 6.07) is 0. The SMILES string of the molecule is Nc1ncnc2c1ncn2[C@@H]1O[C@H](CO)C(O)C1(Br)Br. The fraction of sp³-hybridized carbons (Fsp3) is 0.500. The van der Waals surface area contributed by atoms with Crippen LogP contribution in [0.1, 0.15) is 6.23 Å². The molecule has 0 saturated carbocycles. The third-order valence-corrected chi connectivity index (χ3v) is 4.92. The lowest BCUT2D eigenvalue weighted by atomic mass is 10.2. The molecule has 1 unspecified atom stereocenters. The van der Waals surface area contributed by atoms with Gasteiger partial charge in [-0.25, -0.2) is 15.0 Å². The Hall–Kier alpha value is -0.810. The number of rotatable bonds is 2. The van der Waals surface area contributed by atoms with Crippen molar-refractivity contribution < 1.29 is 14.9 Å². The van der Waals surface area contributed by atoms with Crippen molar-refractivity contribution in [3.8, 4) is 0 Å². The molecule has 0 aromatic carbocycles. The van der Waals surface area contributed by atoms with Gasteiger partial charge in [0.2, 0.25) is 0 Å². The zero-order chi connectivity index (χ0) is 14.5. The Morgan fingerprint density at radius 3 is 2.80 bits per heavy atom. The number of hydrogen-bond acceptors (Lipinski definition) is 7. The number of ether oxygens (including phenoxy) is 1. The predicted molar refractivity (Wildman–Crippen MR) is 77.3 cm³/mol. The van der Waals surface area contributed by atoms with Crippen molar-refractivity contribution in [2.45, 2.75) is 21.7 Å². The van der Waals surface area contributed by atoms with E-state index in [1.807, 2.05) is 0 Å². The van der Waals surface area contributed by atoms with Crippen LogP contribution in [0, 0.1) is 0 Å². The maximum Gasteiger partial charge on any atom is 0.167 e. The van der Waals surface area contributed by atoms with Crippen molar-refractivity contribution in [3.05, 3.63) is 12.7 Å². The molecule has 3 heterocycles. The third kappa shape index (κ3) is 1.94. The number of nitrogens with zero attached hydrogens (tertiary/aromatic N) is 4. The molecule has 1 aliphatic rings. The summed E-state index contributed by atoms with van der Waals surface area (Å²) in [4.78, 5) is 12.1. The highest BCUT2D eigenvalue weighted by Gasteiger charge is 2.54. The molecule has 2 aromatic heterocycles. The minimum atomic E-state index is -0.971. The molecule has 20 heavy (non-hydrogen) atoms. The number of halogens is 2. The van der Waals surface area contributed by atoms with Gasteiger partial charge in [0.05, 0.1) is 12.9 Å². The quantitative estimate of drug-likeness (QED) is 0.604. The molecule has 10 heteroatoms. The zero-order valence-electron chi connectivity index (χ0n) is 10.0. The summed E-state index contributed by atoms with van der Waals surface area (Å²) in [6.07, 6.45) is 0.498. The van der Waals surface area contributed by atoms with Crippen molar-refractivity contribution in [1.82, 2.24) is 19.5 Å². The molecular formula is C10H11Br2N5O3. The largest absolute Gasteiger partial charge is 0.394 e. The fourth-order valence-corrected chi connectivity index (χ4v) is 3.41. The highest BCUT2D eigenvalue weighted by molar-refractivity contribution is 9.25. The lowest BCUT2D eigenvalue weighted by Crippen LogP contribution is -2.36. The number of aliphatic hydroxyl groups is 2. The molecule has 4 N–H and O–H groups in total. The summed E-state index contributed by atoms with van der Waals surface area (Å²) in [5.41, 5.74) is 6.67. The Morgan fingerprint density at radius 1 is 1.40 bits per heavy atom. The van der Waals surface area contributed by atoms with E-state index in [4.69, 9.17) is 10.5 Å². The van der Waals surface area contributed by atoms with Crippen molar-refractivity contribution in [3.63, 3.8) is 0 Å². The van der Waals surface area contributed by atoms with E-state index in [-0.39, 0.29) is 12.4 Å². The van der Waals surface area contributed by atoms with Gasteiger partial charge in [-0.15, -0.1) is 0 Å². The Balaban J connectivity index is 2.10. The first-order valence-corrected chi connectivity index (χ1v) is 7.30. The van der Waals surface area contributed by atoms with Gasteiger partial charge < -0.3 is 20.7 Å². The third-order valence-electron chi connectivity index (χ3n) is 3.20. The second-order valence-corrected chi connectivity index (χ2v) is 8.10. The second-order valence-electron chi connectivity index (χ2n) is 4.41. The summed E-state index contributed by atoms with van der Waals surface area (Å²) in [7, 11) is 0. The minimum absolute atomic E-state index is 0.265. The van der Waals surface area contributed by atoms with Gasteiger partial charge in [-0.1, -0.05) is 31.9 Å². The van der Waals surface area contributed by atoms with Crippen molar-refractivity contribution in [2.24, 2.45) is 0 Å². The number of anilines is 1. The average Bonchev–Trinajstić information content (AvgIpc) is 2.92. The number of aliphatic hydroxyl groups excluding tert-OH is 2. The maximum absolute atomic E-state index is 10.1. The normalized spacial score (nSPS) is 29.1. The molecule has 3 rings (SSSR count). The van der Waals surface area contributed by atoms with Gasteiger partial charge in [0.25, 0.3) is 0 Å². The first-order valence-electron chi connectivity index (χ1n) is 5.72. The molecule has 1 fully saturated rings. The predicted octanol–water partition coefficient (Wildman–Crippen LogP) is 0.145. The van der Waals surface area contributed by atoms with Gasteiger partial charge in [0, 0.05) is 0 Å². The topological polar surface area (TPSA) is 119 Å². The van der Waals surface area contributed by atoms with E-state index in [9.17, 15) is 10.2 Å². The standard InChI is InChI=1S/C10H11Br2N5O3/c11-10(12)6(19)4(1-18)20-9(10)17-3-16-5-7(13)14-2-15-8(5)17/h2-4,6,9,18-19H,1H2,(H2,13,14,15)/t4-,6?,9-/m1/s1. The first-order chi connectivity index (χ1) is 9.46. The Labute approximate surface area is 130 Å². The van der Waals surface area contributed by atoms with E-state index in [1.165, 1.54) is 12.7 Å². The van der Waals surface area contributed by atoms with Crippen LogP contribution in [0.5, 0.6) is 0 Å². The first kappa shape index (κ1) is 14.1. The van der Waals surface area contributed by atoms with E-state index < -0.39 is 21.7 Å². The maximum atomic E-state index is 10.1. The van der Waals surface area contributed by atoms with Gasteiger partial charge >= 0.3 is 0 Å². The highest BCUT2D eigenvalue weighted by atomic mass is 79.9. The fourth-order valence-electron chi connectivity index (χ4n) is 2.16. The summed E-state index contributed by atoms with van der Waals surface area (Å²) in [5, 5.41) is 19.4. The van der Waals surface area contributed by atoms with Crippen molar-refractivity contribution in [1.29, 1.82) is 0 Å². The van der Waals surface area contributed by atoms with E-state index in [2.05, 4.69) is 46.8 Å². The number of nitrogen functional groups attached to an aromatic ring is 1. The second kappa shape index (κ2) is 4.88. The number of aromatic nitrogens is 4.